The number of hydrogen-bond acceptors (Lipinski definition) is 3. The number of benzene rings is 2. The number of amides is 2. The lowest BCUT2D eigenvalue weighted by Crippen LogP contribution is -2.37. The smallest absolute Gasteiger partial charge is 0.261 e. The van der Waals surface area contributed by atoms with Crippen LogP contribution in [0.2, 0.25) is 0 Å². The Labute approximate surface area is 140 Å². The van der Waals surface area contributed by atoms with E-state index in [1.54, 1.807) is 36.4 Å². The Hall–Kier alpha value is -2.05. The van der Waals surface area contributed by atoms with Gasteiger partial charge in [0.25, 0.3) is 11.8 Å². The minimum absolute atomic E-state index is 0.121. The predicted octanol–water partition coefficient (Wildman–Crippen LogP) is 2.79. The maximum absolute atomic E-state index is 13.5. The van der Waals surface area contributed by atoms with E-state index in [1.807, 2.05) is 0 Å². The zero-order valence-corrected chi connectivity index (χ0v) is 13.6. The van der Waals surface area contributed by atoms with Gasteiger partial charge < -0.3 is 5.11 Å². The van der Waals surface area contributed by atoms with Crippen LogP contribution in [-0.4, -0.2) is 34.5 Å². The first-order valence-electron chi connectivity index (χ1n) is 7.04. The fourth-order valence-corrected chi connectivity index (χ4v) is 2.87. The normalized spacial score (nSPS) is 15.0. The zero-order valence-electron chi connectivity index (χ0n) is 12.0. The third-order valence-electron chi connectivity index (χ3n) is 3.73. The van der Waals surface area contributed by atoms with Crippen LogP contribution in [0.1, 0.15) is 26.3 Å². The van der Waals surface area contributed by atoms with Crippen molar-refractivity contribution in [2.24, 2.45) is 0 Å². The summed E-state index contributed by atoms with van der Waals surface area (Å²) in [6, 6.07) is 11.1. The van der Waals surface area contributed by atoms with Crippen LogP contribution in [-0.2, 0) is 6.42 Å². The molecule has 0 aromatic heterocycles. The van der Waals surface area contributed by atoms with Gasteiger partial charge >= 0.3 is 0 Å². The molecule has 2 amide bonds. The first kappa shape index (κ1) is 15.8. The summed E-state index contributed by atoms with van der Waals surface area (Å²) in [6.07, 6.45) is -0.810. The summed E-state index contributed by atoms with van der Waals surface area (Å²) in [4.78, 5) is 25.5. The first-order chi connectivity index (χ1) is 11.0. The van der Waals surface area contributed by atoms with Gasteiger partial charge in [0, 0.05) is 6.42 Å². The lowest BCUT2D eigenvalue weighted by molar-refractivity contribution is 0.0544. The highest BCUT2D eigenvalue weighted by molar-refractivity contribution is 9.10. The number of carbonyl (C=O) groups is 2. The molecule has 0 bridgehead atoms. The number of β-amino-alcohol motifs (C(OH)–C–C–N with tert-alkyl or cyclic N) is 1. The van der Waals surface area contributed by atoms with E-state index in [-0.39, 0.29) is 13.0 Å². The largest absolute Gasteiger partial charge is 0.391 e. The lowest BCUT2D eigenvalue weighted by atomic mass is 10.1. The summed E-state index contributed by atoms with van der Waals surface area (Å²) in [5, 5.41) is 10.2. The summed E-state index contributed by atoms with van der Waals surface area (Å²) < 4.78 is 13.8. The van der Waals surface area contributed by atoms with Crippen LogP contribution in [0.25, 0.3) is 0 Å². The molecule has 0 saturated heterocycles. The van der Waals surface area contributed by atoms with E-state index in [0.29, 0.717) is 21.2 Å². The van der Waals surface area contributed by atoms with E-state index >= 15 is 0 Å². The highest BCUT2D eigenvalue weighted by atomic mass is 79.9. The molecule has 3 rings (SSSR count). The molecule has 0 radical (unpaired) electrons. The van der Waals surface area contributed by atoms with Gasteiger partial charge in [0.2, 0.25) is 0 Å². The maximum Gasteiger partial charge on any atom is 0.261 e. The molecule has 0 aliphatic carbocycles. The van der Waals surface area contributed by atoms with Gasteiger partial charge in [-0.1, -0.05) is 18.2 Å². The fraction of sp³-hybridized carbons (Fsp3) is 0.176. The summed E-state index contributed by atoms with van der Waals surface area (Å²) in [6.45, 7) is -0.121. The SMILES string of the molecule is O=C1c2ccccc2C(=O)N1C[C@H](O)Cc1ccc(Br)c(F)c1. The Balaban J connectivity index is 1.71. The summed E-state index contributed by atoms with van der Waals surface area (Å²) in [7, 11) is 0. The monoisotopic (exact) mass is 377 g/mol. The van der Waals surface area contributed by atoms with E-state index in [4.69, 9.17) is 0 Å². The highest BCUT2D eigenvalue weighted by Crippen LogP contribution is 2.23. The molecule has 0 spiro atoms. The Bertz CT molecular complexity index is 758. The van der Waals surface area contributed by atoms with Crippen LogP contribution in [0.3, 0.4) is 0 Å². The van der Waals surface area contributed by atoms with E-state index in [9.17, 15) is 19.1 Å². The molecule has 1 atom stereocenters. The molecule has 118 valence electrons. The van der Waals surface area contributed by atoms with Crippen molar-refractivity contribution < 1.29 is 19.1 Å². The number of aliphatic hydroxyl groups excluding tert-OH is 1. The number of hydrogen-bond donors (Lipinski definition) is 1. The van der Waals surface area contributed by atoms with Gasteiger partial charge in [-0.15, -0.1) is 0 Å². The van der Waals surface area contributed by atoms with Crippen molar-refractivity contribution in [3.63, 3.8) is 0 Å². The molecule has 6 heteroatoms. The lowest BCUT2D eigenvalue weighted by Gasteiger charge is -2.18. The number of aliphatic hydroxyl groups is 1. The van der Waals surface area contributed by atoms with Crippen LogP contribution in [0.5, 0.6) is 0 Å². The molecule has 1 N–H and O–H groups in total. The summed E-state index contributed by atoms with van der Waals surface area (Å²) >= 11 is 3.06. The Morgan fingerprint density at radius 1 is 1.09 bits per heavy atom. The maximum atomic E-state index is 13.5. The number of fused-ring (bicyclic) bond motifs is 1. The van der Waals surface area contributed by atoms with Crippen molar-refractivity contribution in [3.05, 3.63) is 69.4 Å². The highest BCUT2D eigenvalue weighted by Gasteiger charge is 2.36. The van der Waals surface area contributed by atoms with Gasteiger partial charge in [-0.05, 0) is 45.8 Å². The second kappa shape index (κ2) is 6.22. The molecule has 1 heterocycles. The van der Waals surface area contributed by atoms with E-state index in [1.165, 1.54) is 6.07 Å². The Kier molecular flexibility index (Phi) is 4.28. The van der Waals surface area contributed by atoms with E-state index < -0.39 is 23.7 Å². The minimum Gasteiger partial charge on any atom is -0.391 e. The quantitative estimate of drug-likeness (QED) is 0.833. The van der Waals surface area contributed by atoms with Crippen LogP contribution in [0.4, 0.5) is 4.39 Å². The van der Waals surface area contributed by atoms with Gasteiger partial charge in [-0.25, -0.2) is 4.39 Å². The van der Waals surface area contributed by atoms with Crippen LogP contribution in [0, 0.1) is 5.82 Å². The minimum atomic E-state index is -0.960. The summed E-state index contributed by atoms with van der Waals surface area (Å²) in [5.74, 6) is -1.24. The second-order valence-electron chi connectivity index (χ2n) is 5.37. The van der Waals surface area contributed by atoms with Crippen LogP contribution < -0.4 is 0 Å². The van der Waals surface area contributed by atoms with Crippen LogP contribution >= 0.6 is 15.9 Å². The van der Waals surface area contributed by atoms with Crippen molar-refractivity contribution in [1.82, 2.24) is 4.90 Å². The molecular weight excluding hydrogens is 365 g/mol. The molecule has 2 aromatic carbocycles. The molecule has 0 unspecified atom stereocenters. The Morgan fingerprint density at radius 2 is 1.70 bits per heavy atom. The third kappa shape index (κ3) is 3.04. The van der Waals surface area contributed by atoms with E-state index in [2.05, 4.69) is 15.9 Å². The van der Waals surface area contributed by atoms with Crippen molar-refractivity contribution >= 4 is 27.7 Å². The van der Waals surface area contributed by atoms with Gasteiger partial charge in [0.1, 0.15) is 5.82 Å². The molecule has 2 aromatic rings. The second-order valence-corrected chi connectivity index (χ2v) is 6.23. The van der Waals surface area contributed by atoms with Gasteiger partial charge in [0.15, 0.2) is 0 Å². The van der Waals surface area contributed by atoms with Gasteiger partial charge in [-0.2, -0.15) is 0 Å². The molecule has 4 nitrogen and oxygen atoms in total. The van der Waals surface area contributed by atoms with Crippen molar-refractivity contribution in [2.45, 2.75) is 12.5 Å². The molecule has 1 aliphatic heterocycles. The molecule has 1 aliphatic rings. The predicted molar refractivity (Wildman–Crippen MR) is 85.6 cm³/mol. The molecular formula is C17H13BrFNO3. The van der Waals surface area contributed by atoms with Crippen molar-refractivity contribution in [1.29, 1.82) is 0 Å². The zero-order chi connectivity index (χ0) is 16.6. The molecule has 23 heavy (non-hydrogen) atoms. The average Bonchev–Trinajstić information content (AvgIpc) is 2.76. The average molecular weight is 378 g/mol. The fourth-order valence-electron chi connectivity index (χ4n) is 2.62. The summed E-state index contributed by atoms with van der Waals surface area (Å²) in [5.41, 5.74) is 1.29. The standard InChI is InChI=1S/C17H13BrFNO3/c18-14-6-5-10(8-15(14)19)7-11(21)9-20-16(22)12-3-1-2-4-13(12)17(20)23/h1-6,8,11,21H,7,9H2/t11-/m1/s1. The first-order valence-corrected chi connectivity index (χ1v) is 7.84. The number of imide groups is 1. The van der Waals surface area contributed by atoms with Gasteiger partial charge in [0.05, 0.1) is 28.2 Å². The Morgan fingerprint density at radius 3 is 2.26 bits per heavy atom. The molecule has 0 saturated carbocycles. The van der Waals surface area contributed by atoms with Crippen molar-refractivity contribution in [2.75, 3.05) is 6.54 Å². The van der Waals surface area contributed by atoms with Gasteiger partial charge in [-0.3, -0.25) is 14.5 Å². The number of halogens is 2. The number of rotatable bonds is 4. The third-order valence-corrected chi connectivity index (χ3v) is 4.37. The van der Waals surface area contributed by atoms with Crippen LogP contribution in [0.15, 0.2) is 46.9 Å². The topological polar surface area (TPSA) is 57.6 Å². The number of nitrogens with zero attached hydrogens (tertiary/aromatic N) is 1. The molecule has 0 fully saturated rings. The number of carbonyl (C=O) groups excluding carboxylic acids is 2. The van der Waals surface area contributed by atoms with E-state index in [0.717, 1.165) is 4.90 Å². The van der Waals surface area contributed by atoms with Crippen molar-refractivity contribution in [3.8, 4) is 0 Å².